The van der Waals surface area contributed by atoms with Gasteiger partial charge in [0.05, 0.1) is 12.7 Å². The summed E-state index contributed by atoms with van der Waals surface area (Å²) in [6, 6.07) is 18.9. The van der Waals surface area contributed by atoms with Gasteiger partial charge in [-0.2, -0.15) is 0 Å². The number of amides is 2. The Morgan fingerprint density at radius 2 is 1.90 bits per heavy atom. The first-order chi connectivity index (χ1) is 19.8. The van der Waals surface area contributed by atoms with Crippen molar-refractivity contribution in [3.63, 3.8) is 0 Å². The number of methoxy groups -OCH3 is 1. The highest BCUT2D eigenvalue weighted by Crippen LogP contribution is 2.44. The molecule has 2 atom stereocenters. The molecule has 0 spiro atoms. The average Bonchev–Trinajstić information content (AvgIpc) is 3.02. The van der Waals surface area contributed by atoms with Crippen LogP contribution < -0.4 is 15.8 Å². The summed E-state index contributed by atoms with van der Waals surface area (Å²) in [5.41, 5.74) is 6.91. The number of piperidine rings is 1. The van der Waals surface area contributed by atoms with E-state index in [1.54, 1.807) is 53.4 Å². The molecule has 1 fully saturated rings. The minimum Gasteiger partial charge on any atom is -0.497 e. The molecule has 2 amide bonds. The predicted molar refractivity (Wildman–Crippen MR) is 155 cm³/mol. The summed E-state index contributed by atoms with van der Waals surface area (Å²) < 4.78 is 21.0. The summed E-state index contributed by atoms with van der Waals surface area (Å²) in [6.07, 6.45) is 1.88. The standard InChI is InChI=1S/C32H38FN3O5/c1-41-26-8-2-6-24(18-26)30-27(9-3-10-28(30)33)32(40,15-5-16-35-29(38)21-37)25-7-4-17-36(20-25)31(39)23-13-11-22(19-34)12-14-23/h2-3,6,8-14,18,25,37,40H,4-5,7,15-17,19-21,34H2,1H3,(H,35,38). The molecule has 3 aromatic rings. The van der Waals surface area contributed by atoms with Gasteiger partial charge in [-0.3, -0.25) is 9.59 Å². The number of carbonyl (C=O) groups excluding carboxylic acids is 2. The van der Waals surface area contributed by atoms with E-state index in [0.29, 0.717) is 54.8 Å². The zero-order valence-electron chi connectivity index (χ0n) is 23.3. The monoisotopic (exact) mass is 563 g/mol. The fourth-order valence-electron chi connectivity index (χ4n) is 5.67. The summed E-state index contributed by atoms with van der Waals surface area (Å²) in [4.78, 5) is 26.8. The Balaban J connectivity index is 1.70. The minimum atomic E-state index is -1.52. The number of nitrogens with zero attached hydrogens (tertiary/aromatic N) is 1. The van der Waals surface area contributed by atoms with Crippen LogP contribution in [0.15, 0.2) is 66.7 Å². The van der Waals surface area contributed by atoms with Crippen LogP contribution in [0.5, 0.6) is 5.75 Å². The number of ether oxygens (including phenoxy) is 1. The lowest BCUT2D eigenvalue weighted by molar-refractivity contribution is -0.123. The van der Waals surface area contributed by atoms with Gasteiger partial charge in [-0.15, -0.1) is 0 Å². The molecule has 0 aliphatic carbocycles. The molecular formula is C32H38FN3O5. The van der Waals surface area contributed by atoms with Crippen molar-refractivity contribution in [2.24, 2.45) is 11.7 Å². The highest BCUT2D eigenvalue weighted by Gasteiger charge is 2.43. The number of rotatable bonds is 11. The number of benzene rings is 3. The number of aliphatic hydroxyl groups is 2. The molecule has 8 nitrogen and oxygen atoms in total. The Morgan fingerprint density at radius 3 is 2.61 bits per heavy atom. The second-order valence-electron chi connectivity index (χ2n) is 10.4. The van der Waals surface area contributed by atoms with Gasteiger partial charge in [0.1, 0.15) is 18.2 Å². The Morgan fingerprint density at radius 1 is 1.15 bits per heavy atom. The molecule has 1 aliphatic rings. The van der Waals surface area contributed by atoms with Crippen molar-refractivity contribution in [3.05, 3.63) is 89.2 Å². The first kappa shape index (κ1) is 30.2. The quantitative estimate of drug-likeness (QED) is 0.264. The van der Waals surface area contributed by atoms with Crippen LogP contribution in [0.2, 0.25) is 0 Å². The van der Waals surface area contributed by atoms with Crippen LogP contribution in [0.1, 0.15) is 47.2 Å². The fourth-order valence-corrected chi connectivity index (χ4v) is 5.67. The molecule has 0 aromatic heterocycles. The van der Waals surface area contributed by atoms with E-state index in [1.165, 1.54) is 13.2 Å². The zero-order chi connectivity index (χ0) is 29.4. The Hall–Kier alpha value is -3.79. The minimum absolute atomic E-state index is 0.136. The van der Waals surface area contributed by atoms with Crippen molar-refractivity contribution >= 4 is 11.8 Å². The zero-order valence-corrected chi connectivity index (χ0v) is 23.3. The smallest absolute Gasteiger partial charge is 0.253 e. The van der Waals surface area contributed by atoms with Gasteiger partial charge in [0.15, 0.2) is 0 Å². The summed E-state index contributed by atoms with van der Waals surface area (Å²) in [7, 11) is 1.54. The summed E-state index contributed by atoms with van der Waals surface area (Å²) in [5.74, 6) is -0.966. The molecule has 2 unspecified atom stereocenters. The van der Waals surface area contributed by atoms with E-state index in [2.05, 4.69) is 5.32 Å². The third-order valence-corrected chi connectivity index (χ3v) is 7.86. The molecule has 4 rings (SSSR count). The third-order valence-electron chi connectivity index (χ3n) is 7.86. The van der Waals surface area contributed by atoms with Gasteiger partial charge in [0.25, 0.3) is 5.91 Å². The van der Waals surface area contributed by atoms with Crippen LogP contribution >= 0.6 is 0 Å². The van der Waals surface area contributed by atoms with Gasteiger partial charge >= 0.3 is 0 Å². The summed E-state index contributed by atoms with van der Waals surface area (Å²) in [5, 5.41) is 24.2. The van der Waals surface area contributed by atoms with E-state index in [9.17, 15) is 14.7 Å². The molecule has 3 aromatic carbocycles. The van der Waals surface area contributed by atoms with E-state index in [0.717, 1.165) is 5.56 Å². The van der Waals surface area contributed by atoms with Gasteiger partial charge in [-0.05, 0) is 72.7 Å². The Bertz CT molecular complexity index is 1350. The molecular weight excluding hydrogens is 525 g/mol. The Kier molecular flexibility index (Phi) is 10.1. The Labute approximate surface area is 239 Å². The molecule has 41 heavy (non-hydrogen) atoms. The molecule has 0 bridgehead atoms. The van der Waals surface area contributed by atoms with Crippen molar-refractivity contribution in [2.75, 3.05) is 33.4 Å². The number of aliphatic hydroxyl groups excluding tert-OH is 1. The first-order valence-corrected chi connectivity index (χ1v) is 13.9. The molecule has 218 valence electrons. The molecule has 1 aliphatic heterocycles. The van der Waals surface area contributed by atoms with E-state index < -0.39 is 29.9 Å². The van der Waals surface area contributed by atoms with Gasteiger partial charge in [-0.1, -0.05) is 36.4 Å². The topological polar surface area (TPSA) is 125 Å². The number of nitrogens with two attached hydrogens (primary N) is 1. The first-order valence-electron chi connectivity index (χ1n) is 13.9. The number of hydrogen-bond acceptors (Lipinski definition) is 6. The summed E-state index contributed by atoms with van der Waals surface area (Å²) >= 11 is 0. The van der Waals surface area contributed by atoms with Gasteiger partial charge in [0, 0.05) is 43.2 Å². The van der Waals surface area contributed by atoms with Crippen molar-refractivity contribution in [1.82, 2.24) is 10.2 Å². The van der Waals surface area contributed by atoms with Gasteiger partial charge < -0.3 is 30.9 Å². The maximum absolute atomic E-state index is 15.6. The molecule has 0 saturated carbocycles. The van der Waals surface area contributed by atoms with Crippen molar-refractivity contribution in [1.29, 1.82) is 0 Å². The lowest BCUT2D eigenvalue weighted by Crippen LogP contribution is -2.48. The average molecular weight is 564 g/mol. The van der Waals surface area contributed by atoms with Crippen molar-refractivity contribution in [2.45, 2.75) is 37.8 Å². The van der Waals surface area contributed by atoms with Crippen molar-refractivity contribution in [3.8, 4) is 16.9 Å². The molecule has 5 N–H and O–H groups in total. The lowest BCUT2D eigenvalue weighted by atomic mass is 9.72. The van der Waals surface area contributed by atoms with Gasteiger partial charge in [-0.25, -0.2) is 4.39 Å². The maximum Gasteiger partial charge on any atom is 0.253 e. The van der Waals surface area contributed by atoms with Crippen molar-refractivity contribution < 1.29 is 28.9 Å². The van der Waals surface area contributed by atoms with Gasteiger partial charge in [0.2, 0.25) is 5.91 Å². The number of halogens is 1. The lowest BCUT2D eigenvalue weighted by Gasteiger charge is -2.43. The maximum atomic E-state index is 15.6. The normalized spacial score (nSPS) is 16.6. The van der Waals surface area contributed by atoms with Crippen LogP contribution in [0.3, 0.4) is 0 Å². The molecule has 1 saturated heterocycles. The molecule has 9 heteroatoms. The molecule has 1 heterocycles. The predicted octanol–water partition coefficient (Wildman–Crippen LogP) is 3.59. The van der Waals surface area contributed by atoms with Crippen LogP contribution in [0, 0.1) is 11.7 Å². The number of hydrogen-bond donors (Lipinski definition) is 4. The largest absolute Gasteiger partial charge is 0.497 e. The second kappa shape index (κ2) is 13.7. The molecule has 0 radical (unpaired) electrons. The third kappa shape index (κ3) is 6.93. The van der Waals surface area contributed by atoms with Crippen LogP contribution in [0.4, 0.5) is 4.39 Å². The van der Waals surface area contributed by atoms with E-state index in [-0.39, 0.29) is 31.0 Å². The SMILES string of the molecule is COc1cccc(-c2c(F)cccc2C(O)(CCCNC(=O)CO)C2CCCN(C(=O)c3ccc(CN)cc3)C2)c1. The van der Waals surface area contributed by atoms with Crippen LogP contribution in [-0.4, -0.2) is 60.3 Å². The number of likely N-dealkylation sites (tertiary alicyclic amines) is 1. The second-order valence-corrected chi connectivity index (χ2v) is 10.4. The van der Waals surface area contributed by atoms with E-state index in [4.69, 9.17) is 15.6 Å². The number of carbonyl (C=O) groups is 2. The van der Waals surface area contributed by atoms with E-state index in [1.807, 2.05) is 12.1 Å². The summed E-state index contributed by atoms with van der Waals surface area (Å²) in [6.45, 7) is 0.817. The highest BCUT2D eigenvalue weighted by atomic mass is 19.1. The van der Waals surface area contributed by atoms with Crippen LogP contribution in [-0.2, 0) is 16.9 Å². The van der Waals surface area contributed by atoms with E-state index >= 15 is 4.39 Å². The number of nitrogens with one attached hydrogen (secondary N) is 1. The fraction of sp³-hybridized carbons (Fsp3) is 0.375. The highest BCUT2D eigenvalue weighted by molar-refractivity contribution is 5.94. The van der Waals surface area contributed by atoms with Crippen LogP contribution in [0.25, 0.3) is 11.1 Å².